The topological polar surface area (TPSA) is 71.1 Å². The highest BCUT2D eigenvalue weighted by molar-refractivity contribution is 7.98. The summed E-state index contributed by atoms with van der Waals surface area (Å²) >= 11 is 1.71. The first-order valence-electron chi connectivity index (χ1n) is 7.02. The summed E-state index contributed by atoms with van der Waals surface area (Å²) in [7, 11) is -3.51. The molecule has 0 saturated heterocycles. The largest absolute Gasteiger partial charge is 0.310 e. The summed E-state index contributed by atoms with van der Waals surface area (Å²) < 4.78 is 26.9. The fraction of sp³-hybridized carbons (Fsp3) is 0.643. The van der Waals surface area contributed by atoms with Crippen LogP contribution in [-0.2, 0) is 16.6 Å². The molecule has 2 N–H and O–H groups in total. The molecule has 1 heterocycles. The van der Waals surface area contributed by atoms with Crippen molar-refractivity contribution in [3.63, 3.8) is 0 Å². The second-order valence-corrected chi connectivity index (χ2v) is 8.08. The van der Waals surface area contributed by atoms with Gasteiger partial charge in [0.2, 0.25) is 0 Å². The molecule has 1 aromatic heterocycles. The average molecular weight is 332 g/mol. The third-order valence-corrected chi connectivity index (χ3v) is 5.10. The molecule has 0 radical (unpaired) electrons. The first-order chi connectivity index (χ1) is 9.85. The smallest absolute Gasteiger partial charge is 0.258 e. The average Bonchev–Trinajstić information content (AvgIpc) is 2.44. The van der Waals surface area contributed by atoms with Crippen LogP contribution in [0.3, 0.4) is 0 Å². The van der Waals surface area contributed by atoms with E-state index >= 15 is 0 Å². The standard InChI is InChI=1S/C14H25N3O2S2/c1-11(2)15-8-13-5-6-14(16-9-13)21(18,19)17-7-12(3)10-20-4/h5-6,9,11-12,15,17H,7-8,10H2,1-4H3. The van der Waals surface area contributed by atoms with E-state index in [4.69, 9.17) is 0 Å². The predicted molar refractivity (Wildman–Crippen MR) is 88.9 cm³/mol. The van der Waals surface area contributed by atoms with E-state index in [0.717, 1.165) is 11.3 Å². The molecule has 1 atom stereocenters. The highest BCUT2D eigenvalue weighted by Gasteiger charge is 2.16. The molecule has 21 heavy (non-hydrogen) atoms. The molecule has 7 heteroatoms. The van der Waals surface area contributed by atoms with Crippen LogP contribution in [0.5, 0.6) is 0 Å². The number of thioether (sulfide) groups is 1. The van der Waals surface area contributed by atoms with Crippen molar-refractivity contribution >= 4 is 21.8 Å². The van der Waals surface area contributed by atoms with Crippen LogP contribution in [0.25, 0.3) is 0 Å². The van der Waals surface area contributed by atoms with Gasteiger partial charge in [-0.05, 0) is 29.6 Å². The molecule has 0 spiro atoms. The van der Waals surface area contributed by atoms with E-state index in [9.17, 15) is 8.42 Å². The summed E-state index contributed by atoms with van der Waals surface area (Å²) in [6.45, 7) is 7.26. The summed E-state index contributed by atoms with van der Waals surface area (Å²) in [5.41, 5.74) is 0.971. The van der Waals surface area contributed by atoms with Crippen molar-refractivity contribution in [1.29, 1.82) is 0 Å². The molecule has 0 amide bonds. The predicted octanol–water partition coefficient (Wildman–Crippen LogP) is 1.86. The lowest BCUT2D eigenvalue weighted by atomic mass is 10.2. The van der Waals surface area contributed by atoms with E-state index < -0.39 is 10.0 Å². The van der Waals surface area contributed by atoms with Crippen molar-refractivity contribution in [2.45, 2.75) is 38.4 Å². The van der Waals surface area contributed by atoms with Crippen molar-refractivity contribution < 1.29 is 8.42 Å². The van der Waals surface area contributed by atoms with Gasteiger partial charge < -0.3 is 5.32 Å². The molecule has 0 bridgehead atoms. The summed E-state index contributed by atoms with van der Waals surface area (Å²) in [5, 5.41) is 3.34. The molecule has 0 aliphatic rings. The molecule has 1 unspecified atom stereocenters. The number of sulfonamides is 1. The van der Waals surface area contributed by atoms with Crippen LogP contribution in [0.2, 0.25) is 0 Å². The first-order valence-corrected chi connectivity index (χ1v) is 9.89. The van der Waals surface area contributed by atoms with Crippen LogP contribution in [0.4, 0.5) is 0 Å². The minimum atomic E-state index is -3.51. The number of nitrogens with one attached hydrogen (secondary N) is 2. The Hall–Kier alpha value is -0.630. The van der Waals surface area contributed by atoms with Crippen LogP contribution in [-0.4, -0.2) is 38.0 Å². The lowest BCUT2D eigenvalue weighted by Gasteiger charge is -2.12. The SMILES string of the molecule is CSCC(C)CNS(=O)(=O)c1ccc(CNC(C)C)cn1. The molecule has 5 nitrogen and oxygen atoms in total. The molecule has 120 valence electrons. The van der Waals surface area contributed by atoms with Crippen LogP contribution >= 0.6 is 11.8 Å². The van der Waals surface area contributed by atoms with E-state index in [-0.39, 0.29) is 5.03 Å². The number of rotatable bonds is 9. The van der Waals surface area contributed by atoms with Crippen molar-refractivity contribution in [2.75, 3.05) is 18.6 Å². The first kappa shape index (κ1) is 18.4. The molecule has 0 aromatic carbocycles. The van der Waals surface area contributed by atoms with Crippen molar-refractivity contribution in [1.82, 2.24) is 15.0 Å². The fourth-order valence-corrected chi connectivity index (χ4v) is 3.44. The summed E-state index contributed by atoms with van der Waals surface area (Å²) in [5.74, 6) is 1.22. The Morgan fingerprint density at radius 2 is 2.00 bits per heavy atom. The van der Waals surface area contributed by atoms with Gasteiger partial charge in [0.05, 0.1) is 0 Å². The highest BCUT2D eigenvalue weighted by Crippen LogP contribution is 2.09. The van der Waals surface area contributed by atoms with E-state index in [1.807, 2.05) is 13.2 Å². The number of nitrogens with zero attached hydrogens (tertiary/aromatic N) is 1. The minimum absolute atomic E-state index is 0.0761. The number of pyridine rings is 1. The molecule has 0 aliphatic carbocycles. The Morgan fingerprint density at radius 1 is 1.29 bits per heavy atom. The molecule has 0 fully saturated rings. The Morgan fingerprint density at radius 3 is 2.52 bits per heavy atom. The Kier molecular flexibility index (Phi) is 7.65. The van der Waals surface area contributed by atoms with Crippen LogP contribution < -0.4 is 10.0 Å². The van der Waals surface area contributed by atoms with Gasteiger partial charge in [0.25, 0.3) is 10.0 Å². The Balaban J connectivity index is 2.62. The molecule has 1 rings (SSSR count). The second-order valence-electron chi connectivity index (χ2n) is 5.45. The second kappa shape index (κ2) is 8.73. The zero-order valence-electron chi connectivity index (χ0n) is 13.1. The van der Waals surface area contributed by atoms with Gasteiger partial charge in [-0.15, -0.1) is 0 Å². The highest BCUT2D eigenvalue weighted by atomic mass is 32.2. The quantitative estimate of drug-likeness (QED) is 0.723. The number of hydrogen-bond donors (Lipinski definition) is 2. The van der Waals surface area contributed by atoms with Crippen LogP contribution in [0.15, 0.2) is 23.4 Å². The van der Waals surface area contributed by atoms with Gasteiger partial charge in [0.1, 0.15) is 0 Å². The van der Waals surface area contributed by atoms with E-state index in [0.29, 0.717) is 25.0 Å². The zero-order chi connectivity index (χ0) is 15.9. The van der Waals surface area contributed by atoms with Crippen LogP contribution in [0.1, 0.15) is 26.3 Å². The molecule has 0 saturated carbocycles. The van der Waals surface area contributed by atoms with E-state index in [1.165, 1.54) is 0 Å². The Labute approximate surface area is 132 Å². The van der Waals surface area contributed by atoms with Crippen LogP contribution in [0, 0.1) is 5.92 Å². The third kappa shape index (κ3) is 6.78. The van der Waals surface area contributed by atoms with E-state index in [2.05, 4.69) is 28.9 Å². The lowest BCUT2D eigenvalue weighted by molar-refractivity contribution is 0.558. The summed E-state index contributed by atoms with van der Waals surface area (Å²) in [6, 6.07) is 3.73. The lowest BCUT2D eigenvalue weighted by Crippen LogP contribution is -2.30. The number of hydrogen-bond acceptors (Lipinski definition) is 5. The number of aromatic nitrogens is 1. The molecular formula is C14H25N3O2S2. The van der Waals surface area contributed by atoms with Crippen molar-refractivity contribution in [3.8, 4) is 0 Å². The third-order valence-electron chi connectivity index (χ3n) is 2.86. The summed E-state index contributed by atoms with van der Waals surface area (Å²) in [6.07, 6.45) is 3.62. The maximum atomic E-state index is 12.1. The molecular weight excluding hydrogens is 306 g/mol. The van der Waals surface area contributed by atoms with Gasteiger partial charge in [-0.25, -0.2) is 18.1 Å². The molecule has 1 aromatic rings. The van der Waals surface area contributed by atoms with Crippen molar-refractivity contribution in [3.05, 3.63) is 23.9 Å². The van der Waals surface area contributed by atoms with Gasteiger partial charge in [0, 0.05) is 25.3 Å². The monoisotopic (exact) mass is 331 g/mol. The maximum Gasteiger partial charge on any atom is 0.258 e. The van der Waals surface area contributed by atoms with Gasteiger partial charge >= 0.3 is 0 Å². The van der Waals surface area contributed by atoms with Gasteiger partial charge in [-0.1, -0.05) is 26.8 Å². The Bertz CT molecular complexity index is 516. The van der Waals surface area contributed by atoms with Crippen molar-refractivity contribution in [2.24, 2.45) is 5.92 Å². The zero-order valence-corrected chi connectivity index (χ0v) is 14.7. The normalized spacial score (nSPS) is 13.6. The van der Waals surface area contributed by atoms with E-state index in [1.54, 1.807) is 30.1 Å². The molecule has 0 aliphatic heterocycles. The van der Waals surface area contributed by atoms with Gasteiger partial charge in [0.15, 0.2) is 5.03 Å². The summed E-state index contributed by atoms with van der Waals surface area (Å²) in [4.78, 5) is 4.06. The van der Waals surface area contributed by atoms with Gasteiger partial charge in [-0.3, -0.25) is 0 Å². The fourth-order valence-electron chi connectivity index (χ4n) is 1.67. The maximum absolute atomic E-state index is 12.1. The minimum Gasteiger partial charge on any atom is -0.310 e. The van der Waals surface area contributed by atoms with Gasteiger partial charge in [-0.2, -0.15) is 11.8 Å².